The molecule has 0 unspecified atom stereocenters. The van der Waals surface area contributed by atoms with Crippen molar-refractivity contribution in [2.24, 2.45) is 5.92 Å². The summed E-state index contributed by atoms with van der Waals surface area (Å²) in [6.07, 6.45) is 11.5. The number of carbonyl (C=O) groups excluding carboxylic acids is 1. The van der Waals surface area contributed by atoms with Gasteiger partial charge in [-0.2, -0.15) is 0 Å². The summed E-state index contributed by atoms with van der Waals surface area (Å²) in [4.78, 5) is 23.4. The van der Waals surface area contributed by atoms with Crippen LogP contribution in [0.1, 0.15) is 56.3 Å². The number of thioether (sulfide) groups is 2. The van der Waals surface area contributed by atoms with Crippen molar-refractivity contribution >= 4 is 40.9 Å². The average molecular weight is 559 g/mol. The highest BCUT2D eigenvalue weighted by molar-refractivity contribution is 7.99. The van der Waals surface area contributed by atoms with Gasteiger partial charge in [0.25, 0.3) is 0 Å². The third-order valence-corrected chi connectivity index (χ3v) is 7.93. The number of benzene rings is 1. The summed E-state index contributed by atoms with van der Waals surface area (Å²) >= 11 is 10.3. The number of unbranched alkanes of at least 4 members (excludes halogenated alkanes) is 2. The molecule has 8 heteroatoms. The molecule has 3 rings (SSSR count). The molecule has 0 spiro atoms. The fourth-order valence-corrected chi connectivity index (χ4v) is 5.58. The lowest BCUT2D eigenvalue weighted by Gasteiger charge is -2.16. The number of rotatable bonds is 17. The molecule has 0 radical (unpaired) electrons. The molecule has 2 aromatic heterocycles. The maximum absolute atomic E-state index is 12.9. The Kier molecular flexibility index (Phi) is 13.2. The van der Waals surface area contributed by atoms with Crippen LogP contribution in [0.5, 0.6) is 11.5 Å². The number of aromatic nitrogens is 2. The van der Waals surface area contributed by atoms with Crippen LogP contribution in [0, 0.1) is 5.92 Å². The fourth-order valence-electron chi connectivity index (χ4n) is 3.50. The van der Waals surface area contributed by atoms with Crippen molar-refractivity contribution in [2.45, 2.75) is 55.7 Å². The van der Waals surface area contributed by atoms with Gasteiger partial charge in [-0.1, -0.05) is 25.4 Å². The van der Waals surface area contributed by atoms with E-state index < -0.39 is 0 Å². The summed E-state index contributed by atoms with van der Waals surface area (Å²) in [5, 5.41) is 0.381. The molecule has 3 aromatic rings. The Morgan fingerprint density at radius 3 is 1.89 bits per heavy atom. The Bertz CT molecular complexity index is 1090. The molecular weight excluding hydrogens is 524 g/mol. The van der Waals surface area contributed by atoms with Crippen LogP contribution in [-0.4, -0.2) is 40.5 Å². The van der Waals surface area contributed by atoms with Crippen molar-refractivity contribution in [1.29, 1.82) is 0 Å². The van der Waals surface area contributed by atoms with Crippen LogP contribution in [-0.2, 0) is 0 Å². The molecule has 0 N–H and O–H groups in total. The predicted octanol–water partition coefficient (Wildman–Crippen LogP) is 8.26. The summed E-state index contributed by atoms with van der Waals surface area (Å²) in [7, 11) is 0. The van der Waals surface area contributed by atoms with Gasteiger partial charge in [-0.05, 0) is 79.5 Å². The number of carbonyl (C=O) groups is 1. The highest BCUT2D eigenvalue weighted by Gasteiger charge is 2.20. The molecule has 0 saturated heterocycles. The van der Waals surface area contributed by atoms with E-state index in [2.05, 4.69) is 9.97 Å². The minimum absolute atomic E-state index is 0.0415. The van der Waals surface area contributed by atoms with E-state index in [1.165, 1.54) is 9.79 Å². The quantitative estimate of drug-likeness (QED) is 0.0938. The number of ketones is 1. The zero-order chi connectivity index (χ0) is 26.3. The lowest BCUT2D eigenvalue weighted by molar-refractivity contribution is 0.0963. The van der Waals surface area contributed by atoms with Crippen molar-refractivity contribution in [1.82, 2.24) is 9.97 Å². The first-order valence-corrected chi connectivity index (χ1v) is 15.1. The third kappa shape index (κ3) is 10.6. The first-order valence-electron chi connectivity index (χ1n) is 12.7. The molecule has 2 heterocycles. The first-order chi connectivity index (χ1) is 18.0. The highest BCUT2D eigenvalue weighted by atomic mass is 35.5. The summed E-state index contributed by atoms with van der Waals surface area (Å²) in [5.41, 5.74) is 0.533. The van der Waals surface area contributed by atoms with Crippen molar-refractivity contribution < 1.29 is 14.3 Å². The number of hydrogen-bond acceptors (Lipinski definition) is 7. The lowest BCUT2D eigenvalue weighted by Crippen LogP contribution is -2.09. The van der Waals surface area contributed by atoms with Gasteiger partial charge < -0.3 is 9.47 Å². The predicted molar refractivity (Wildman–Crippen MR) is 155 cm³/mol. The molecule has 0 aliphatic heterocycles. The summed E-state index contributed by atoms with van der Waals surface area (Å²) in [6, 6.07) is 11.6. The van der Waals surface area contributed by atoms with Crippen LogP contribution in [0.25, 0.3) is 0 Å². The summed E-state index contributed by atoms with van der Waals surface area (Å²) in [5.74, 6) is 3.30. The van der Waals surface area contributed by atoms with Crippen LogP contribution in [0.3, 0.4) is 0 Å². The van der Waals surface area contributed by atoms with Crippen molar-refractivity contribution in [2.75, 3.05) is 24.7 Å². The first kappa shape index (κ1) is 29.3. The number of pyridine rings is 2. The number of hydrogen-bond donors (Lipinski definition) is 0. The maximum atomic E-state index is 12.9. The van der Waals surface area contributed by atoms with E-state index in [9.17, 15) is 4.79 Å². The second-order valence-electron chi connectivity index (χ2n) is 8.95. The minimum atomic E-state index is 0.0415. The summed E-state index contributed by atoms with van der Waals surface area (Å²) in [6.45, 7) is 5.12. The molecular formula is C29H35ClN2O3S2. The molecule has 0 aliphatic rings. The maximum Gasteiger partial charge on any atom is 0.166 e. The number of Topliss-reactive ketones (excluding diaryl/α,β-unsaturated/α-hetero) is 1. The van der Waals surface area contributed by atoms with Gasteiger partial charge >= 0.3 is 0 Å². The Balaban J connectivity index is 1.50. The third-order valence-electron chi connectivity index (χ3n) is 5.37. The van der Waals surface area contributed by atoms with E-state index >= 15 is 0 Å². The number of ether oxygens (including phenoxy) is 2. The molecule has 0 saturated carbocycles. The molecule has 0 amide bonds. The van der Waals surface area contributed by atoms with E-state index in [1.807, 2.05) is 62.3 Å². The van der Waals surface area contributed by atoms with E-state index in [0.29, 0.717) is 41.7 Å². The second-order valence-corrected chi connectivity index (χ2v) is 11.7. The van der Waals surface area contributed by atoms with Crippen LogP contribution < -0.4 is 9.47 Å². The highest BCUT2D eigenvalue weighted by Crippen LogP contribution is 2.38. The van der Waals surface area contributed by atoms with Crippen LogP contribution in [0.15, 0.2) is 71.0 Å². The summed E-state index contributed by atoms with van der Waals surface area (Å²) < 4.78 is 12.1. The SMILES string of the molecule is CC(C)CC(=O)c1ccc(OCCCCSc2ccncc2)c(Cl)c1OCCCCSc1ccncc1. The molecule has 0 fully saturated rings. The van der Waals surface area contributed by atoms with Gasteiger partial charge in [-0.15, -0.1) is 23.5 Å². The van der Waals surface area contributed by atoms with Gasteiger partial charge in [0, 0.05) is 41.0 Å². The molecule has 0 aliphatic carbocycles. The van der Waals surface area contributed by atoms with Crippen LogP contribution >= 0.6 is 35.1 Å². The van der Waals surface area contributed by atoms with E-state index in [-0.39, 0.29) is 11.7 Å². The van der Waals surface area contributed by atoms with Crippen molar-refractivity contribution in [3.63, 3.8) is 0 Å². The Morgan fingerprint density at radius 2 is 1.35 bits per heavy atom. The molecule has 5 nitrogen and oxygen atoms in total. The zero-order valence-corrected chi connectivity index (χ0v) is 23.9. The van der Waals surface area contributed by atoms with E-state index in [4.69, 9.17) is 21.1 Å². The van der Waals surface area contributed by atoms with Crippen LogP contribution in [0.2, 0.25) is 5.02 Å². The van der Waals surface area contributed by atoms with Gasteiger partial charge in [-0.3, -0.25) is 14.8 Å². The Labute approximate surface area is 234 Å². The second kappa shape index (κ2) is 16.6. The lowest BCUT2D eigenvalue weighted by atomic mass is 10.0. The molecule has 0 atom stereocenters. The van der Waals surface area contributed by atoms with E-state index in [1.54, 1.807) is 36.3 Å². The van der Waals surface area contributed by atoms with Gasteiger partial charge in [0.05, 0.1) is 18.8 Å². The monoisotopic (exact) mass is 558 g/mol. The average Bonchev–Trinajstić information content (AvgIpc) is 2.90. The van der Waals surface area contributed by atoms with Gasteiger partial charge in [0.15, 0.2) is 11.5 Å². The van der Waals surface area contributed by atoms with Crippen molar-refractivity contribution in [3.05, 3.63) is 71.8 Å². The molecule has 37 heavy (non-hydrogen) atoms. The smallest absolute Gasteiger partial charge is 0.166 e. The normalized spacial score (nSPS) is 11.0. The van der Waals surface area contributed by atoms with Crippen LogP contribution in [0.4, 0.5) is 0 Å². The minimum Gasteiger partial charge on any atom is -0.492 e. The zero-order valence-electron chi connectivity index (χ0n) is 21.5. The number of halogens is 1. The number of nitrogens with zero attached hydrogens (tertiary/aromatic N) is 2. The molecule has 0 bridgehead atoms. The Hall–Kier alpha value is -2.22. The standard InChI is InChI=1S/C29H35ClN2O3S2/c1-22(2)21-26(33)25-7-8-27(34-17-3-5-19-36-23-9-13-31-14-10-23)28(30)29(25)35-18-4-6-20-37-24-11-15-32-16-12-24/h7-16,22H,3-6,17-21H2,1-2H3. The van der Waals surface area contributed by atoms with Gasteiger partial charge in [-0.25, -0.2) is 0 Å². The van der Waals surface area contributed by atoms with Gasteiger partial charge in [0.2, 0.25) is 0 Å². The van der Waals surface area contributed by atoms with E-state index in [0.717, 1.165) is 37.2 Å². The largest absolute Gasteiger partial charge is 0.492 e. The Morgan fingerprint density at radius 1 is 0.811 bits per heavy atom. The van der Waals surface area contributed by atoms with Crippen molar-refractivity contribution in [3.8, 4) is 11.5 Å². The molecule has 198 valence electrons. The fraction of sp³-hybridized carbons (Fsp3) is 0.414. The topological polar surface area (TPSA) is 61.3 Å². The molecule has 1 aromatic carbocycles. The van der Waals surface area contributed by atoms with Gasteiger partial charge in [0.1, 0.15) is 10.8 Å².